The first kappa shape index (κ1) is 8.70. The maximum absolute atomic E-state index is 8.42. The van der Waals surface area contributed by atoms with Gasteiger partial charge >= 0.3 is 0 Å². The zero-order valence-corrected chi connectivity index (χ0v) is 6.30. The van der Waals surface area contributed by atoms with Crippen LogP contribution in [0.3, 0.4) is 0 Å². The summed E-state index contributed by atoms with van der Waals surface area (Å²) in [5.74, 6) is 0.664. The van der Waals surface area contributed by atoms with Crippen molar-refractivity contribution in [3.05, 3.63) is 12.2 Å². The molecule has 0 aromatic rings. The minimum absolute atomic E-state index is 0.177. The normalized spacial score (nSPS) is 11.6. The Balaban J connectivity index is 3.41. The average molecular weight is 128 g/mol. The van der Waals surface area contributed by atoms with Crippen molar-refractivity contribution in [2.45, 2.75) is 26.7 Å². The van der Waals surface area contributed by atoms with Crippen molar-refractivity contribution in [3.63, 3.8) is 0 Å². The Bertz CT molecular complexity index is 72.6. The molecule has 54 valence electrons. The molecule has 0 radical (unpaired) electrons. The predicted octanol–water partition coefficient (Wildman–Crippen LogP) is 1.97. The van der Waals surface area contributed by atoms with Crippen LogP contribution in [0.5, 0.6) is 0 Å². The van der Waals surface area contributed by atoms with Crippen molar-refractivity contribution < 1.29 is 5.11 Å². The average Bonchev–Trinajstić information content (AvgIpc) is 1.91. The van der Waals surface area contributed by atoms with E-state index in [2.05, 4.69) is 19.9 Å². The number of aliphatic hydroxyl groups excluding tert-OH is 1. The van der Waals surface area contributed by atoms with Crippen LogP contribution >= 0.6 is 0 Å². The summed E-state index contributed by atoms with van der Waals surface area (Å²) in [7, 11) is 0. The molecule has 0 rings (SSSR count). The smallest absolute Gasteiger partial charge is 0.0612 e. The van der Waals surface area contributed by atoms with Gasteiger partial charge in [0.25, 0.3) is 0 Å². The molecule has 0 atom stereocenters. The Morgan fingerprint density at radius 3 is 2.22 bits per heavy atom. The summed E-state index contributed by atoms with van der Waals surface area (Å²) < 4.78 is 0. The number of allylic oxidation sites excluding steroid dienone is 1. The summed E-state index contributed by atoms with van der Waals surface area (Å²) in [6, 6.07) is 0. The van der Waals surface area contributed by atoms with Gasteiger partial charge in [-0.15, -0.1) is 0 Å². The van der Waals surface area contributed by atoms with E-state index in [1.54, 1.807) is 0 Å². The molecule has 1 nitrogen and oxygen atoms in total. The molecule has 0 aromatic heterocycles. The van der Waals surface area contributed by atoms with Crippen LogP contribution in [0.2, 0.25) is 0 Å². The van der Waals surface area contributed by atoms with E-state index in [1.165, 1.54) is 12.8 Å². The zero-order valence-electron chi connectivity index (χ0n) is 6.30. The SMILES string of the molecule is CCC(/C=C/CO)CC. The fourth-order valence-electron chi connectivity index (χ4n) is 0.814. The van der Waals surface area contributed by atoms with Crippen LogP contribution in [0.1, 0.15) is 26.7 Å². The second-order valence-electron chi connectivity index (χ2n) is 2.19. The van der Waals surface area contributed by atoms with E-state index in [0.717, 1.165) is 0 Å². The summed E-state index contributed by atoms with van der Waals surface area (Å²) in [4.78, 5) is 0. The lowest BCUT2D eigenvalue weighted by atomic mass is 10.0. The molecule has 0 saturated carbocycles. The third-order valence-electron chi connectivity index (χ3n) is 1.56. The molecule has 0 aliphatic rings. The van der Waals surface area contributed by atoms with E-state index in [9.17, 15) is 0 Å². The van der Waals surface area contributed by atoms with Gasteiger partial charge in [0.1, 0.15) is 0 Å². The van der Waals surface area contributed by atoms with Crippen LogP contribution in [0, 0.1) is 5.92 Å². The summed E-state index contributed by atoms with van der Waals surface area (Å²) >= 11 is 0. The van der Waals surface area contributed by atoms with Gasteiger partial charge in [-0.3, -0.25) is 0 Å². The van der Waals surface area contributed by atoms with Crippen molar-refractivity contribution in [3.8, 4) is 0 Å². The highest BCUT2D eigenvalue weighted by atomic mass is 16.2. The maximum atomic E-state index is 8.42. The lowest BCUT2D eigenvalue weighted by molar-refractivity contribution is 0.341. The first-order chi connectivity index (χ1) is 4.35. The minimum atomic E-state index is 0.177. The molecule has 0 aliphatic heterocycles. The van der Waals surface area contributed by atoms with Crippen LogP contribution in [-0.4, -0.2) is 11.7 Å². The van der Waals surface area contributed by atoms with Gasteiger partial charge in [-0.1, -0.05) is 26.0 Å². The van der Waals surface area contributed by atoms with Crippen LogP contribution in [0.15, 0.2) is 12.2 Å². The van der Waals surface area contributed by atoms with Crippen molar-refractivity contribution in [2.75, 3.05) is 6.61 Å². The van der Waals surface area contributed by atoms with Crippen molar-refractivity contribution in [1.82, 2.24) is 0 Å². The third kappa shape index (κ3) is 4.22. The predicted molar refractivity (Wildman–Crippen MR) is 40.3 cm³/mol. The van der Waals surface area contributed by atoms with Gasteiger partial charge in [-0.25, -0.2) is 0 Å². The fourth-order valence-corrected chi connectivity index (χ4v) is 0.814. The Morgan fingerprint density at radius 2 is 1.89 bits per heavy atom. The maximum Gasteiger partial charge on any atom is 0.0612 e. The quantitative estimate of drug-likeness (QED) is 0.574. The Kier molecular flexibility index (Phi) is 5.64. The highest BCUT2D eigenvalue weighted by Crippen LogP contribution is 2.07. The van der Waals surface area contributed by atoms with Gasteiger partial charge in [0.15, 0.2) is 0 Å². The molecule has 0 unspecified atom stereocenters. The molecule has 0 heterocycles. The lowest BCUT2D eigenvalue weighted by Gasteiger charge is -2.03. The van der Waals surface area contributed by atoms with Crippen LogP contribution in [0.25, 0.3) is 0 Å². The van der Waals surface area contributed by atoms with Crippen LogP contribution in [0.4, 0.5) is 0 Å². The fraction of sp³-hybridized carbons (Fsp3) is 0.750. The molecule has 0 aliphatic carbocycles. The van der Waals surface area contributed by atoms with E-state index in [1.807, 2.05) is 6.08 Å². The molecular formula is C8H16O. The second-order valence-corrected chi connectivity index (χ2v) is 2.19. The standard InChI is InChI=1S/C8H16O/c1-3-8(4-2)6-5-7-9/h5-6,8-9H,3-4,7H2,1-2H3/b6-5+. The van der Waals surface area contributed by atoms with E-state index in [4.69, 9.17) is 5.11 Å². The molecular weight excluding hydrogens is 112 g/mol. The molecule has 1 N–H and O–H groups in total. The lowest BCUT2D eigenvalue weighted by Crippen LogP contribution is -1.90. The van der Waals surface area contributed by atoms with Crippen LogP contribution in [-0.2, 0) is 0 Å². The second kappa shape index (κ2) is 5.83. The first-order valence-electron chi connectivity index (χ1n) is 3.62. The van der Waals surface area contributed by atoms with Gasteiger partial charge < -0.3 is 5.11 Å². The van der Waals surface area contributed by atoms with Crippen molar-refractivity contribution in [1.29, 1.82) is 0 Å². The Morgan fingerprint density at radius 1 is 1.33 bits per heavy atom. The topological polar surface area (TPSA) is 20.2 Å². The molecule has 0 amide bonds. The minimum Gasteiger partial charge on any atom is -0.392 e. The van der Waals surface area contributed by atoms with Gasteiger partial charge in [-0.05, 0) is 18.8 Å². The molecule has 0 saturated heterocycles. The van der Waals surface area contributed by atoms with Gasteiger partial charge in [-0.2, -0.15) is 0 Å². The number of hydrogen-bond acceptors (Lipinski definition) is 1. The highest BCUT2D eigenvalue weighted by Gasteiger charge is 1.94. The van der Waals surface area contributed by atoms with E-state index in [-0.39, 0.29) is 6.61 Å². The highest BCUT2D eigenvalue weighted by molar-refractivity contribution is 4.86. The molecule has 0 aromatic carbocycles. The van der Waals surface area contributed by atoms with Gasteiger partial charge in [0.2, 0.25) is 0 Å². The van der Waals surface area contributed by atoms with Crippen molar-refractivity contribution in [2.24, 2.45) is 5.92 Å². The summed E-state index contributed by atoms with van der Waals surface area (Å²) in [5, 5.41) is 8.42. The van der Waals surface area contributed by atoms with Gasteiger partial charge in [0, 0.05) is 0 Å². The largest absolute Gasteiger partial charge is 0.392 e. The van der Waals surface area contributed by atoms with E-state index < -0.39 is 0 Å². The first-order valence-corrected chi connectivity index (χ1v) is 3.62. The third-order valence-corrected chi connectivity index (χ3v) is 1.56. The van der Waals surface area contributed by atoms with Crippen LogP contribution < -0.4 is 0 Å². The summed E-state index contributed by atoms with van der Waals surface area (Å²) in [5.41, 5.74) is 0. The number of rotatable bonds is 4. The summed E-state index contributed by atoms with van der Waals surface area (Å²) in [6.07, 6.45) is 6.25. The molecule has 0 fully saturated rings. The molecule has 0 bridgehead atoms. The number of hydrogen-bond donors (Lipinski definition) is 1. The Hall–Kier alpha value is -0.300. The molecule has 0 spiro atoms. The Labute approximate surface area is 57.4 Å². The summed E-state index contributed by atoms with van der Waals surface area (Å²) in [6.45, 7) is 4.50. The van der Waals surface area contributed by atoms with E-state index >= 15 is 0 Å². The molecule has 1 heteroatoms. The zero-order chi connectivity index (χ0) is 7.11. The monoisotopic (exact) mass is 128 g/mol. The van der Waals surface area contributed by atoms with Crippen molar-refractivity contribution >= 4 is 0 Å². The van der Waals surface area contributed by atoms with E-state index in [0.29, 0.717) is 5.92 Å². The number of aliphatic hydroxyl groups is 1. The van der Waals surface area contributed by atoms with Gasteiger partial charge in [0.05, 0.1) is 6.61 Å². The molecule has 9 heavy (non-hydrogen) atoms.